The molecule has 0 spiro atoms. The summed E-state index contributed by atoms with van der Waals surface area (Å²) in [5.41, 5.74) is 0. The maximum atomic E-state index is 5.67. The molecular formula is C16H26IN3O2. The van der Waals surface area contributed by atoms with Crippen molar-refractivity contribution in [3.63, 3.8) is 0 Å². The molecule has 0 saturated carbocycles. The molecule has 0 aliphatic rings. The molecule has 0 aromatic heterocycles. The molecule has 1 aromatic rings. The lowest BCUT2D eigenvalue weighted by molar-refractivity contribution is 0.311. The zero-order valence-electron chi connectivity index (χ0n) is 13.3. The van der Waals surface area contributed by atoms with Crippen LogP contribution in [0.2, 0.25) is 0 Å². The Labute approximate surface area is 150 Å². The number of rotatable bonds is 9. The van der Waals surface area contributed by atoms with Gasteiger partial charge in [-0.1, -0.05) is 12.1 Å². The SMILES string of the molecule is C=CCNC(=NCCCOc1cccc(OC)c1)NCC.I. The summed E-state index contributed by atoms with van der Waals surface area (Å²) in [5, 5.41) is 6.33. The van der Waals surface area contributed by atoms with Crippen molar-refractivity contribution in [2.45, 2.75) is 13.3 Å². The largest absolute Gasteiger partial charge is 0.497 e. The van der Waals surface area contributed by atoms with Crippen molar-refractivity contribution in [1.29, 1.82) is 0 Å². The van der Waals surface area contributed by atoms with Crippen molar-refractivity contribution in [3.05, 3.63) is 36.9 Å². The average molecular weight is 419 g/mol. The van der Waals surface area contributed by atoms with Crippen LogP contribution in [0, 0.1) is 0 Å². The molecule has 5 nitrogen and oxygen atoms in total. The van der Waals surface area contributed by atoms with Crippen LogP contribution >= 0.6 is 24.0 Å². The molecule has 2 N–H and O–H groups in total. The molecule has 0 bridgehead atoms. The van der Waals surface area contributed by atoms with E-state index in [0.29, 0.717) is 19.7 Å². The summed E-state index contributed by atoms with van der Waals surface area (Å²) in [6.07, 6.45) is 2.65. The summed E-state index contributed by atoms with van der Waals surface area (Å²) in [5.74, 6) is 2.42. The van der Waals surface area contributed by atoms with Crippen LogP contribution in [-0.4, -0.2) is 39.3 Å². The van der Waals surface area contributed by atoms with Gasteiger partial charge in [0.15, 0.2) is 5.96 Å². The van der Waals surface area contributed by atoms with Crippen molar-refractivity contribution < 1.29 is 9.47 Å². The van der Waals surface area contributed by atoms with E-state index in [2.05, 4.69) is 22.2 Å². The Kier molecular flexibility index (Phi) is 12.4. The predicted octanol–water partition coefficient (Wildman–Crippen LogP) is 2.82. The van der Waals surface area contributed by atoms with Gasteiger partial charge < -0.3 is 20.1 Å². The first-order chi connectivity index (χ1) is 10.3. The van der Waals surface area contributed by atoms with Gasteiger partial charge in [0.2, 0.25) is 0 Å². The normalized spacial score (nSPS) is 10.4. The van der Waals surface area contributed by atoms with Gasteiger partial charge in [0.1, 0.15) is 11.5 Å². The fourth-order valence-electron chi connectivity index (χ4n) is 1.65. The highest BCUT2D eigenvalue weighted by Gasteiger charge is 1.97. The number of aliphatic imine (C=N–C) groups is 1. The van der Waals surface area contributed by atoms with Crippen LogP contribution in [0.15, 0.2) is 41.9 Å². The van der Waals surface area contributed by atoms with E-state index in [9.17, 15) is 0 Å². The lowest BCUT2D eigenvalue weighted by Gasteiger charge is -2.10. The summed E-state index contributed by atoms with van der Waals surface area (Å²) in [6.45, 7) is 8.58. The number of guanidine groups is 1. The van der Waals surface area contributed by atoms with Crippen LogP contribution in [-0.2, 0) is 0 Å². The Hall–Kier alpha value is -1.44. The standard InChI is InChI=1S/C16H25N3O2.HI/c1-4-10-18-16(17-5-2)19-11-7-12-21-15-9-6-8-14(13-15)20-3;/h4,6,8-9,13H,1,5,7,10-12H2,2-3H3,(H2,17,18,19);1H. The topological polar surface area (TPSA) is 54.9 Å². The second-order valence-electron chi connectivity index (χ2n) is 4.31. The summed E-state index contributed by atoms with van der Waals surface area (Å²) in [7, 11) is 1.65. The van der Waals surface area contributed by atoms with Crippen molar-refractivity contribution in [1.82, 2.24) is 10.6 Å². The van der Waals surface area contributed by atoms with Gasteiger partial charge in [-0.3, -0.25) is 4.99 Å². The number of hydrogen-bond acceptors (Lipinski definition) is 3. The van der Waals surface area contributed by atoms with Gasteiger partial charge in [0, 0.05) is 32.1 Å². The Morgan fingerprint density at radius 1 is 1.32 bits per heavy atom. The maximum absolute atomic E-state index is 5.67. The number of nitrogens with one attached hydrogen (secondary N) is 2. The number of methoxy groups -OCH3 is 1. The highest BCUT2D eigenvalue weighted by Crippen LogP contribution is 2.18. The summed E-state index contributed by atoms with van der Waals surface area (Å²) >= 11 is 0. The van der Waals surface area contributed by atoms with Gasteiger partial charge in [-0.15, -0.1) is 30.6 Å². The molecule has 0 radical (unpaired) electrons. The lowest BCUT2D eigenvalue weighted by atomic mass is 10.3. The first-order valence-corrected chi connectivity index (χ1v) is 7.20. The van der Waals surface area contributed by atoms with Crippen LogP contribution < -0.4 is 20.1 Å². The smallest absolute Gasteiger partial charge is 0.191 e. The highest BCUT2D eigenvalue weighted by atomic mass is 127. The molecular weight excluding hydrogens is 393 g/mol. The molecule has 124 valence electrons. The van der Waals surface area contributed by atoms with Crippen LogP contribution in [0.4, 0.5) is 0 Å². The van der Waals surface area contributed by atoms with E-state index in [1.54, 1.807) is 13.2 Å². The Morgan fingerprint density at radius 2 is 2.09 bits per heavy atom. The molecule has 0 aliphatic carbocycles. The van der Waals surface area contributed by atoms with Gasteiger partial charge in [0.05, 0.1) is 13.7 Å². The van der Waals surface area contributed by atoms with E-state index >= 15 is 0 Å². The van der Waals surface area contributed by atoms with Crippen molar-refractivity contribution >= 4 is 29.9 Å². The summed E-state index contributed by atoms with van der Waals surface area (Å²) < 4.78 is 10.8. The first-order valence-electron chi connectivity index (χ1n) is 7.20. The third-order valence-corrected chi connectivity index (χ3v) is 2.64. The van der Waals surface area contributed by atoms with E-state index in [-0.39, 0.29) is 24.0 Å². The number of nitrogens with zero attached hydrogens (tertiary/aromatic N) is 1. The van der Waals surface area contributed by atoms with Gasteiger partial charge >= 0.3 is 0 Å². The third-order valence-electron chi connectivity index (χ3n) is 2.64. The van der Waals surface area contributed by atoms with Crippen molar-refractivity contribution in [3.8, 4) is 11.5 Å². The fourth-order valence-corrected chi connectivity index (χ4v) is 1.65. The minimum atomic E-state index is 0. The van der Waals surface area contributed by atoms with Crippen LogP contribution in [0.1, 0.15) is 13.3 Å². The summed E-state index contributed by atoms with van der Waals surface area (Å²) in [6, 6.07) is 7.60. The van der Waals surface area contributed by atoms with Crippen LogP contribution in [0.5, 0.6) is 11.5 Å². The van der Waals surface area contributed by atoms with Gasteiger partial charge in [0.25, 0.3) is 0 Å². The van der Waals surface area contributed by atoms with E-state index in [4.69, 9.17) is 9.47 Å². The molecule has 0 atom stereocenters. The van der Waals surface area contributed by atoms with E-state index < -0.39 is 0 Å². The average Bonchev–Trinajstić information content (AvgIpc) is 2.52. The van der Waals surface area contributed by atoms with E-state index in [0.717, 1.165) is 30.4 Å². The fraction of sp³-hybridized carbons (Fsp3) is 0.438. The molecule has 0 unspecified atom stereocenters. The van der Waals surface area contributed by atoms with E-state index in [1.165, 1.54) is 0 Å². The molecule has 22 heavy (non-hydrogen) atoms. The van der Waals surface area contributed by atoms with Crippen LogP contribution in [0.25, 0.3) is 0 Å². The number of halogens is 1. The second kappa shape index (κ2) is 13.2. The molecule has 0 amide bonds. The maximum Gasteiger partial charge on any atom is 0.191 e. The van der Waals surface area contributed by atoms with Crippen molar-refractivity contribution in [2.24, 2.45) is 4.99 Å². The molecule has 6 heteroatoms. The quantitative estimate of drug-likeness (QED) is 0.213. The van der Waals surface area contributed by atoms with Crippen molar-refractivity contribution in [2.75, 3.05) is 33.4 Å². The van der Waals surface area contributed by atoms with E-state index in [1.807, 2.05) is 31.2 Å². The predicted molar refractivity (Wildman–Crippen MR) is 103 cm³/mol. The number of hydrogen-bond donors (Lipinski definition) is 2. The molecule has 0 heterocycles. The Balaban J connectivity index is 0.00000441. The monoisotopic (exact) mass is 419 g/mol. The molecule has 0 saturated heterocycles. The van der Waals surface area contributed by atoms with Crippen LogP contribution in [0.3, 0.4) is 0 Å². The molecule has 1 rings (SSSR count). The molecule has 0 fully saturated rings. The minimum Gasteiger partial charge on any atom is -0.497 e. The number of ether oxygens (including phenoxy) is 2. The van der Waals surface area contributed by atoms with Gasteiger partial charge in [-0.2, -0.15) is 0 Å². The number of benzene rings is 1. The highest BCUT2D eigenvalue weighted by molar-refractivity contribution is 14.0. The second-order valence-corrected chi connectivity index (χ2v) is 4.31. The Bertz CT molecular complexity index is 453. The first kappa shape index (κ1) is 20.6. The molecule has 0 aliphatic heterocycles. The zero-order chi connectivity index (χ0) is 15.3. The Morgan fingerprint density at radius 3 is 2.77 bits per heavy atom. The van der Waals surface area contributed by atoms with Gasteiger partial charge in [-0.25, -0.2) is 0 Å². The third kappa shape index (κ3) is 8.76. The zero-order valence-corrected chi connectivity index (χ0v) is 15.6. The minimum absolute atomic E-state index is 0. The summed E-state index contributed by atoms with van der Waals surface area (Å²) in [4.78, 5) is 4.46. The molecule has 1 aromatic carbocycles. The van der Waals surface area contributed by atoms with Gasteiger partial charge in [-0.05, 0) is 19.1 Å². The lowest BCUT2D eigenvalue weighted by Crippen LogP contribution is -2.37.